The number of benzene rings is 1. The molecule has 0 bridgehead atoms. The molecule has 3 rings (SSSR count). The first-order valence-corrected chi connectivity index (χ1v) is 8.22. The molecule has 3 aromatic rings. The van der Waals surface area contributed by atoms with E-state index in [9.17, 15) is 4.79 Å². The molecule has 0 amide bonds. The van der Waals surface area contributed by atoms with Gasteiger partial charge in [0.15, 0.2) is 11.5 Å². The van der Waals surface area contributed by atoms with Gasteiger partial charge in [-0.05, 0) is 18.4 Å². The van der Waals surface area contributed by atoms with Gasteiger partial charge in [0.1, 0.15) is 5.52 Å². The maximum Gasteiger partial charge on any atom is 0.328 e. The van der Waals surface area contributed by atoms with Gasteiger partial charge in [-0.3, -0.25) is 4.57 Å². The molecule has 0 atom stereocenters. The van der Waals surface area contributed by atoms with Gasteiger partial charge >= 0.3 is 5.69 Å². The van der Waals surface area contributed by atoms with Crippen LogP contribution in [-0.4, -0.2) is 39.8 Å². The SMILES string of the molecule is COCCCCNc1nc(N)c2[nH]c(=O)n(Cc3ccccc3)c2n1. The Labute approximate surface area is 145 Å². The van der Waals surface area contributed by atoms with Crippen molar-refractivity contribution in [1.29, 1.82) is 0 Å². The first-order chi connectivity index (χ1) is 12.2. The summed E-state index contributed by atoms with van der Waals surface area (Å²) >= 11 is 0. The summed E-state index contributed by atoms with van der Waals surface area (Å²) in [7, 11) is 1.68. The van der Waals surface area contributed by atoms with Crippen molar-refractivity contribution < 1.29 is 4.74 Å². The molecular formula is C17H22N6O2. The number of anilines is 2. The van der Waals surface area contributed by atoms with Gasteiger partial charge in [-0.2, -0.15) is 9.97 Å². The monoisotopic (exact) mass is 342 g/mol. The van der Waals surface area contributed by atoms with Crippen molar-refractivity contribution in [2.75, 3.05) is 31.3 Å². The number of ether oxygens (including phenoxy) is 1. The van der Waals surface area contributed by atoms with Crippen molar-refractivity contribution in [2.45, 2.75) is 19.4 Å². The number of imidazole rings is 1. The van der Waals surface area contributed by atoms with Crippen LogP contribution >= 0.6 is 0 Å². The summed E-state index contributed by atoms with van der Waals surface area (Å²) in [4.78, 5) is 23.7. The Bertz CT molecular complexity index is 887. The highest BCUT2D eigenvalue weighted by Gasteiger charge is 2.14. The fourth-order valence-corrected chi connectivity index (χ4v) is 2.61. The van der Waals surface area contributed by atoms with Crippen molar-refractivity contribution in [1.82, 2.24) is 19.5 Å². The van der Waals surface area contributed by atoms with E-state index in [0.717, 1.165) is 25.0 Å². The lowest BCUT2D eigenvalue weighted by Gasteiger charge is -2.07. The summed E-state index contributed by atoms with van der Waals surface area (Å²) in [6.45, 7) is 1.85. The van der Waals surface area contributed by atoms with E-state index in [1.807, 2.05) is 30.3 Å². The number of rotatable bonds is 8. The first-order valence-electron chi connectivity index (χ1n) is 8.22. The predicted octanol–water partition coefficient (Wildman–Crippen LogP) is 1.59. The molecule has 0 unspecified atom stereocenters. The van der Waals surface area contributed by atoms with Crippen LogP contribution < -0.4 is 16.7 Å². The molecule has 0 fully saturated rings. The van der Waals surface area contributed by atoms with Crippen LogP contribution in [0.4, 0.5) is 11.8 Å². The van der Waals surface area contributed by atoms with Crippen molar-refractivity contribution in [3.8, 4) is 0 Å². The number of nitrogens with two attached hydrogens (primary N) is 1. The Balaban J connectivity index is 1.85. The van der Waals surface area contributed by atoms with Crippen LogP contribution in [0.25, 0.3) is 11.2 Å². The number of H-pyrrole nitrogens is 1. The average molecular weight is 342 g/mol. The van der Waals surface area contributed by atoms with Crippen molar-refractivity contribution in [2.24, 2.45) is 0 Å². The van der Waals surface area contributed by atoms with Crippen LogP contribution in [0.5, 0.6) is 0 Å². The topological polar surface area (TPSA) is 111 Å². The van der Waals surface area contributed by atoms with Gasteiger partial charge in [-0.25, -0.2) is 4.79 Å². The Kier molecular flexibility index (Phi) is 5.30. The van der Waals surface area contributed by atoms with Crippen LogP contribution in [0.1, 0.15) is 18.4 Å². The molecule has 0 radical (unpaired) electrons. The van der Waals surface area contributed by atoms with E-state index in [1.165, 1.54) is 0 Å². The molecule has 0 aliphatic rings. The Morgan fingerprint density at radius 3 is 2.80 bits per heavy atom. The first kappa shape index (κ1) is 17.0. The van der Waals surface area contributed by atoms with Crippen molar-refractivity contribution in [3.05, 3.63) is 46.4 Å². The molecule has 4 N–H and O–H groups in total. The quantitative estimate of drug-likeness (QED) is 0.536. The molecule has 0 spiro atoms. The standard InChI is InChI=1S/C17H22N6O2/c1-25-10-6-5-9-19-16-21-14(18)13-15(22-16)23(17(24)20-13)11-12-7-3-2-4-8-12/h2-4,7-8H,5-6,9-11H2,1H3,(H,20,24)(H3,18,19,21,22). The third-order valence-electron chi connectivity index (χ3n) is 3.89. The molecule has 1 aromatic carbocycles. The van der Waals surface area contributed by atoms with E-state index in [0.29, 0.717) is 30.2 Å². The van der Waals surface area contributed by atoms with Gasteiger partial charge in [0.2, 0.25) is 5.95 Å². The lowest BCUT2D eigenvalue weighted by Crippen LogP contribution is -2.18. The van der Waals surface area contributed by atoms with E-state index in [1.54, 1.807) is 11.7 Å². The second-order valence-electron chi connectivity index (χ2n) is 5.76. The number of fused-ring (bicyclic) bond motifs is 1. The maximum atomic E-state index is 12.3. The number of nitrogens with one attached hydrogen (secondary N) is 2. The molecule has 25 heavy (non-hydrogen) atoms. The fraction of sp³-hybridized carbons (Fsp3) is 0.353. The molecule has 8 nitrogen and oxygen atoms in total. The van der Waals surface area contributed by atoms with Crippen molar-refractivity contribution >= 4 is 22.9 Å². The highest BCUT2D eigenvalue weighted by molar-refractivity contribution is 5.82. The number of unbranched alkanes of at least 4 members (excludes halogenated alkanes) is 1. The lowest BCUT2D eigenvalue weighted by atomic mass is 10.2. The molecule has 2 heterocycles. The maximum absolute atomic E-state index is 12.3. The Morgan fingerprint density at radius 2 is 2.04 bits per heavy atom. The molecule has 8 heteroatoms. The number of hydrogen-bond acceptors (Lipinski definition) is 6. The van der Waals surface area contributed by atoms with E-state index in [-0.39, 0.29) is 11.5 Å². The van der Waals surface area contributed by atoms with Crippen LogP contribution in [0, 0.1) is 0 Å². The van der Waals surface area contributed by atoms with Gasteiger partial charge in [0, 0.05) is 20.3 Å². The third-order valence-corrected chi connectivity index (χ3v) is 3.89. The van der Waals surface area contributed by atoms with Crippen LogP contribution in [-0.2, 0) is 11.3 Å². The molecule has 132 valence electrons. The van der Waals surface area contributed by atoms with E-state index in [4.69, 9.17) is 10.5 Å². The highest BCUT2D eigenvalue weighted by Crippen LogP contribution is 2.17. The number of aromatic amines is 1. The van der Waals surface area contributed by atoms with Crippen LogP contribution in [0.15, 0.2) is 35.1 Å². The summed E-state index contributed by atoms with van der Waals surface area (Å²) in [6.07, 6.45) is 1.88. The van der Waals surface area contributed by atoms with Crippen LogP contribution in [0.3, 0.4) is 0 Å². The van der Waals surface area contributed by atoms with Gasteiger partial charge in [-0.15, -0.1) is 0 Å². The summed E-state index contributed by atoms with van der Waals surface area (Å²) in [6, 6.07) is 9.74. The lowest BCUT2D eigenvalue weighted by molar-refractivity contribution is 0.193. The minimum absolute atomic E-state index is 0.253. The second kappa shape index (κ2) is 7.80. The van der Waals surface area contributed by atoms with Gasteiger partial charge < -0.3 is 20.8 Å². The number of nitrogens with zero attached hydrogens (tertiary/aromatic N) is 3. The van der Waals surface area contributed by atoms with E-state index < -0.39 is 0 Å². The minimum atomic E-state index is -0.253. The average Bonchev–Trinajstić information content (AvgIpc) is 2.92. The third kappa shape index (κ3) is 3.97. The highest BCUT2D eigenvalue weighted by atomic mass is 16.5. The number of hydrogen-bond donors (Lipinski definition) is 3. The van der Waals surface area contributed by atoms with Crippen molar-refractivity contribution in [3.63, 3.8) is 0 Å². The zero-order valence-electron chi connectivity index (χ0n) is 14.2. The second-order valence-corrected chi connectivity index (χ2v) is 5.76. The molecule has 0 aliphatic heterocycles. The number of nitrogen functional groups attached to an aromatic ring is 1. The normalized spacial score (nSPS) is 11.1. The molecule has 2 aromatic heterocycles. The molecular weight excluding hydrogens is 320 g/mol. The molecule has 0 saturated carbocycles. The zero-order valence-corrected chi connectivity index (χ0v) is 14.2. The predicted molar refractivity (Wildman–Crippen MR) is 97.7 cm³/mol. The number of aromatic nitrogens is 4. The summed E-state index contributed by atoms with van der Waals surface area (Å²) in [5.41, 5.74) is 7.71. The summed E-state index contributed by atoms with van der Waals surface area (Å²) < 4.78 is 6.59. The summed E-state index contributed by atoms with van der Waals surface area (Å²) in [5.74, 6) is 0.677. The van der Waals surface area contributed by atoms with Gasteiger partial charge in [0.25, 0.3) is 0 Å². The van der Waals surface area contributed by atoms with Crippen LogP contribution in [0.2, 0.25) is 0 Å². The molecule has 0 aliphatic carbocycles. The Hall–Kier alpha value is -2.87. The number of methoxy groups -OCH3 is 1. The summed E-state index contributed by atoms with van der Waals surface area (Å²) in [5, 5.41) is 3.15. The largest absolute Gasteiger partial charge is 0.385 e. The Morgan fingerprint density at radius 1 is 1.24 bits per heavy atom. The zero-order chi connectivity index (χ0) is 17.6. The fourth-order valence-electron chi connectivity index (χ4n) is 2.61. The van der Waals surface area contributed by atoms with E-state index >= 15 is 0 Å². The van der Waals surface area contributed by atoms with Gasteiger partial charge in [-0.1, -0.05) is 30.3 Å². The minimum Gasteiger partial charge on any atom is -0.385 e. The smallest absolute Gasteiger partial charge is 0.328 e. The van der Waals surface area contributed by atoms with Gasteiger partial charge in [0.05, 0.1) is 6.54 Å². The molecule has 0 saturated heterocycles. The van der Waals surface area contributed by atoms with E-state index in [2.05, 4.69) is 20.3 Å².